The molecule has 0 aromatic heterocycles. The van der Waals surface area contributed by atoms with Crippen LogP contribution in [-0.2, 0) is 16.6 Å². The normalized spacial score (nSPS) is 20.0. The molecule has 7 heteroatoms. The van der Waals surface area contributed by atoms with E-state index in [1.165, 1.54) is 18.2 Å². The van der Waals surface area contributed by atoms with Crippen molar-refractivity contribution in [2.24, 2.45) is 5.73 Å². The Bertz CT molecular complexity index is 592. The number of benzene rings is 1. The first kappa shape index (κ1) is 16.4. The van der Waals surface area contributed by atoms with Gasteiger partial charge in [0.05, 0.1) is 0 Å². The molecule has 0 bridgehead atoms. The van der Waals surface area contributed by atoms with E-state index in [2.05, 4.69) is 16.5 Å². The molecule has 3 N–H and O–H groups in total. The molecule has 0 aliphatic carbocycles. The van der Waals surface area contributed by atoms with Crippen LogP contribution in [0.2, 0.25) is 0 Å². The van der Waals surface area contributed by atoms with Gasteiger partial charge in [-0.2, -0.15) is 0 Å². The van der Waals surface area contributed by atoms with E-state index in [9.17, 15) is 12.8 Å². The van der Waals surface area contributed by atoms with E-state index in [4.69, 9.17) is 5.73 Å². The van der Waals surface area contributed by atoms with Gasteiger partial charge in [-0.1, -0.05) is 13.0 Å². The van der Waals surface area contributed by atoms with Gasteiger partial charge in [0.15, 0.2) is 0 Å². The molecule has 1 atom stereocenters. The Balaban J connectivity index is 2.08. The third kappa shape index (κ3) is 3.79. The number of halogens is 1. The minimum atomic E-state index is -3.83. The van der Waals surface area contributed by atoms with Crippen molar-refractivity contribution in [1.29, 1.82) is 0 Å². The van der Waals surface area contributed by atoms with Gasteiger partial charge in [-0.05, 0) is 43.6 Å². The van der Waals surface area contributed by atoms with Crippen molar-refractivity contribution < 1.29 is 12.8 Å². The zero-order valence-corrected chi connectivity index (χ0v) is 13.0. The van der Waals surface area contributed by atoms with Crippen LogP contribution in [0.1, 0.15) is 25.3 Å². The zero-order chi connectivity index (χ0) is 15.5. The smallest absolute Gasteiger partial charge is 0.243 e. The first-order valence-electron chi connectivity index (χ1n) is 7.20. The van der Waals surface area contributed by atoms with Crippen molar-refractivity contribution >= 4 is 10.0 Å². The van der Waals surface area contributed by atoms with E-state index in [-0.39, 0.29) is 17.5 Å². The number of likely N-dealkylation sites (tertiary alicyclic amines) is 1. The highest BCUT2D eigenvalue weighted by Gasteiger charge is 2.26. The molecule has 0 radical (unpaired) electrons. The van der Waals surface area contributed by atoms with Crippen molar-refractivity contribution in [2.75, 3.05) is 19.6 Å². The molecule has 1 aliphatic heterocycles. The minimum Gasteiger partial charge on any atom is -0.326 e. The maximum Gasteiger partial charge on any atom is 0.243 e. The van der Waals surface area contributed by atoms with Crippen LogP contribution in [0.5, 0.6) is 0 Å². The predicted molar refractivity (Wildman–Crippen MR) is 79.7 cm³/mol. The number of likely N-dealkylation sites (N-methyl/N-ethyl adjacent to an activating group) is 1. The molecule has 0 spiro atoms. The highest BCUT2D eigenvalue weighted by Crippen LogP contribution is 2.18. The summed E-state index contributed by atoms with van der Waals surface area (Å²) in [6.07, 6.45) is 2.03. The highest BCUT2D eigenvalue weighted by molar-refractivity contribution is 7.89. The standard InChI is InChI=1S/C14H22FN3O2S/c1-2-18-7-3-4-12(18)10-17-21(19,20)14-6-5-11(9-16)8-13(14)15/h5-6,8,12,17H,2-4,7,9-10,16H2,1H3. The molecule has 1 saturated heterocycles. The zero-order valence-electron chi connectivity index (χ0n) is 12.2. The van der Waals surface area contributed by atoms with Crippen molar-refractivity contribution in [3.8, 4) is 0 Å². The average Bonchev–Trinajstić information content (AvgIpc) is 2.92. The number of hydrogen-bond acceptors (Lipinski definition) is 4. The Morgan fingerprint density at radius 1 is 1.48 bits per heavy atom. The number of hydrogen-bond donors (Lipinski definition) is 2. The molecule has 0 amide bonds. The molecule has 1 fully saturated rings. The molecule has 21 heavy (non-hydrogen) atoms. The highest BCUT2D eigenvalue weighted by atomic mass is 32.2. The third-order valence-electron chi connectivity index (χ3n) is 3.94. The molecule has 0 saturated carbocycles. The van der Waals surface area contributed by atoms with Gasteiger partial charge in [0.25, 0.3) is 0 Å². The topological polar surface area (TPSA) is 75.4 Å². The van der Waals surface area contributed by atoms with Crippen LogP contribution in [0.4, 0.5) is 4.39 Å². The van der Waals surface area contributed by atoms with Crippen LogP contribution in [0.15, 0.2) is 23.1 Å². The summed E-state index contributed by atoms with van der Waals surface area (Å²) in [6.45, 7) is 4.43. The summed E-state index contributed by atoms with van der Waals surface area (Å²) >= 11 is 0. The average molecular weight is 315 g/mol. The summed E-state index contributed by atoms with van der Waals surface area (Å²) in [5.41, 5.74) is 5.98. The van der Waals surface area contributed by atoms with Crippen molar-refractivity contribution in [3.05, 3.63) is 29.6 Å². The molecule has 1 aromatic rings. The Morgan fingerprint density at radius 2 is 2.24 bits per heavy atom. The second-order valence-electron chi connectivity index (χ2n) is 5.25. The van der Waals surface area contributed by atoms with Gasteiger partial charge < -0.3 is 5.73 Å². The molecule has 1 unspecified atom stereocenters. The predicted octanol–water partition coefficient (Wildman–Crippen LogP) is 1.05. The van der Waals surface area contributed by atoms with Crippen LogP contribution >= 0.6 is 0 Å². The van der Waals surface area contributed by atoms with Gasteiger partial charge in [-0.15, -0.1) is 0 Å². The van der Waals surface area contributed by atoms with E-state index < -0.39 is 15.8 Å². The second kappa shape index (κ2) is 6.83. The number of sulfonamides is 1. The summed E-state index contributed by atoms with van der Waals surface area (Å²) in [6, 6.07) is 4.16. The minimum absolute atomic E-state index is 0.179. The lowest BCUT2D eigenvalue weighted by atomic mass is 10.2. The summed E-state index contributed by atoms with van der Waals surface area (Å²) in [7, 11) is -3.83. The maximum atomic E-state index is 13.9. The number of nitrogens with one attached hydrogen (secondary N) is 1. The van der Waals surface area contributed by atoms with Gasteiger partial charge in [-0.25, -0.2) is 17.5 Å². The van der Waals surface area contributed by atoms with Crippen LogP contribution in [-0.4, -0.2) is 39.0 Å². The van der Waals surface area contributed by atoms with E-state index in [1.54, 1.807) is 0 Å². The van der Waals surface area contributed by atoms with E-state index >= 15 is 0 Å². The summed E-state index contributed by atoms with van der Waals surface area (Å²) < 4.78 is 40.8. The van der Waals surface area contributed by atoms with Crippen molar-refractivity contribution in [1.82, 2.24) is 9.62 Å². The molecule has 1 heterocycles. The maximum absolute atomic E-state index is 13.9. The fourth-order valence-corrected chi connectivity index (χ4v) is 3.85. The van der Waals surface area contributed by atoms with Gasteiger partial charge in [-0.3, -0.25) is 4.90 Å². The second-order valence-corrected chi connectivity index (χ2v) is 6.98. The lowest BCUT2D eigenvalue weighted by molar-refractivity contribution is 0.268. The van der Waals surface area contributed by atoms with E-state index in [0.717, 1.165) is 25.9 Å². The number of nitrogens with zero attached hydrogens (tertiary/aromatic N) is 1. The Morgan fingerprint density at radius 3 is 2.86 bits per heavy atom. The van der Waals surface area contributed by atoms with Crippen molar-refractivity contribution in [2.45, 2.75) is 37.2 Å². The lowest BCUT2D eigenvalue weighted by Gasteiger charge is -2.22. The van der Waals surface area contributed by atoms with E-state index in [0.29, 0.717) is 12.1 Å². The Labute approximate surface area is 125 Å². The van der Waals surface area contributed by atoms with Crippen LogP contribution in [0.3, 0.4) is 0 Å². The van der Waals surface area contributed by atoms with Gasteiger partial charge in [0, 0.05) is 19.1 Å². The Hall–Kier alpha value is -1.02. The first-order chi connectivity index (χ1) is 9.97. The lowest BCUT2D eigenvalue weighted by Crippen LogP contribution is -2.40. The molecular weight excluding hydrogens is 293 g/mol. The SMILES string of the molecule is CCN1CCCC1CNS(=O)(=O)c1ccc(CN)cc1F. The third-order valence-corrected chi connectivity index (χ3v) is 5.39. The molecule has 2 rings (SSSR count). The quantitative estimate of drug-likeness (QED) is 0.823. The van der Waals surface area contributed by atoms with Crippen LogP contribution in [0.25, 0.3) is 0 Å². The molecule has 1 aliphatic rings. The molecule has 1 aromatic carbocycles. The first-order valence-corrected chi connectivity index (χ1v) is 8.68. The summed E-state index contributed by atoms with van der Waals surface area (Å²) in [4.78, 5) is 1.91. The van der Waals surface area contributed by atoms with E-state index in [1.807, 2.05) is 0 Å². The fraction of sp³-hybridized carbons (Fsp3) is 0.571. The van der Waals surface area contributed by atoms with Crippen LogP contribution in [0, 0.1) is 5.82 Å². The van der Waals surface area contributed by atoms with Gasteiger partial charge >= 0.3 is 0 Å². The summed E-state index contributed by atoms with van der Waals surface area (Å²) in [5.74, 6) is -0.760. The number of rotatable bonds is 6. The molecule has 5 nitrogen and oxygen atoms in total. The number of nitrogens with two attached hydrogens (primary N) is 1. The Kier molecular flexibility index (Phi) is 5.32. The summed E-state index contributed by atoms with van der Waals surface area (Å²) in [5, 5.41) is 0. The fourth-order valence-electron chi connectivity index (χ4n) is 2.72. The van der Waals surface area contributed by atoms with Gasteiger partial charge in [0.2, 0.25) is 10.0 Å². The van der Waals surface area contributed by atoms with Crippen LogP contribution < -0.4 is 10.5 Å². The molecule has 118 valence electrons. The molecular formula is C14H22FN3O2S. The monoisotopic (exact) mass is 315 g/mol. The van der Waals surface area contributed by atoms with Gasteiger partial charge in [0.1, 0.15) is 10.7 Å². The largest absolute Gasteiger partial charge is 0.326 e. The van der Waals surface area contributed by atoms with Crippen molar-refractivity contribution in [3.63, 3.8) is 0 Å².